The minimum atomic E-state index is -5.71. The van der Waals surface area contributed by atoms with Gasteiger partial charge in [-0.2, -0.15) is 26.3 Å². The van der Waals surface area contributed by atoms with Gasteiger partial charge >= 0.3 is 23.7 Å². The summed E-state index contributed by atoms with van der Waals surface area (Å²) in [5.74, 6) is -18.6. The SMILES string of the molecule is CCCCCCC(CCCCCC)N1C(=O)c2ccc3c4ccc5c6c(ccc(c7ccc(c2c37)C1=O)c64)C(=O)N(c1ccc(OC(=O)c2cc(Br)c(C3=CC4=C6C(=C7C=C(c8ccc(C)s8)SC7(C)C4(C)S3)C(F)(F)C(F)(F)C6(F)F)s2)cc1)C5=O. The van der Waals surface area contributed by atoms with Gasteiger partial charge in [-0.1, -0.05) is 89.5 Å². The zero-order valence-electron chi connectivity index (χ0n) is 47.6. The zero-order valence-corrected chi connectivity index (χ0v) is 52.4. The first-order chi connectivity index (χ1) is 41.5. The third-order valence-electron chi connectivity index (χ3n) is 18.5. The van der Waals surface area contributed by atoms with Crippen molar-refractivity contribution in [2.24, 2.45) is 0 Å². The Bertz CT molecular complexity index is 4410. The second kappa shape index (κ2) is 20.5. The lowest BCUT2D eigenvalue weighted by Crippen LogP contribution is -2.48. The van der Waals surface area contributed by atoms with Crippen LogP contribution >= 0.6 is 62.1 Å². The number of allylic oxidation sites excluding steroid dienone is 4. The standard InChI is InChI=1S/C68H53BrF6N2O6S4/c1-6-8-10-12-14-34(15-13-11-9-7-2)76-59(78)41-25-21-37-39-23-27-43-55-44(28-24-40(53(39)55)38-22-26-42(60(76)79)54(41)52(37)38)62(81)77(61(43)80)35-17-19-36(20-18-35)83-63(82)51-32-47(69)58(85-51)50-31-46-57-56(66(70,71)68(74,75)67(57,72)73)45-30-49(48-29-16-33(3)84-48)86-64(45,4)65(46,5)87-50/h16-32,34H,6-15H2,1-5H3. The highest BCUT2D eigenvalue weighted by Crippen LogP contribution is 2.76. The number of fused-ring (bicyclic) bond motifs is 6. The van der Waals surface area contributed by atoms with E-state index in [0.29, 0.717) is 51.3 Å². The molecule has 2 aliphatic carbocycles. The third-order valence-corrected chi connectivity index (χ3v) is 25.2. The molecular weight excluding hydrogens is 1260 g/mol. The monoisotopic (exact) mass is 1310 g/mol. The lowest BCUT2D eigenvalue weighted by molar-refractivity contribution is -0.258. The maximum atomic E-state index is 16.1. The van der Waals surface area contributed by atoms with Crippen molar-refractivity contribution in [2.45, 2.75) is 132 Å². The van der Waals surface area contributed by atoms with Gasteiger partial charge in [0, 0.05) is 74.3 Å². The summed E-state index contributed by atoms with van der Waals surface area (Å²) in [6.07, 6.45) is 12.5. The van der Waals surface area contributed by atoms with E-state index < -0.39 is 56.2 Å². The maximum absolute atomic E-state index is 16.1. The summed E-state index contributed by atoms with van der Waals surface area (Å²) >= 11 is 8.08. The summed E-state index contributed by atoms with van der Waals surface area (Å²) in [5.41, 5.74) is -1.61. The molecule has 2 atom stereocenters. The van der Waals surface area contributed by atoms with E-state index in [-0.39, 0.29) is 56.4 Å². The molecule has 2 unspecified atom stereocenters. The van der Waals surface area contributed by atoms with Crippen LogP contribution in [0.4, 0.5) is 32.0 Å². The summed E-state index contributed by atoms with van der Waals surface area (Å²) in [7, 11) is 0. The van der Waals surface area contributed by atoms with Gasteiger partial charge in [-0.25, -0.2) is 9.69 Å². The second-order valence-corrected chi connectivity index (χ2v) is 29.7. The van der Waals surface area contributed by atoms with Gasteiger partial charge in [0.05, 0.1) is 20.1 Å². The first-order valence-electron chi connectivity index (χ1n) is 29.1. The van der Waals surface area contributed by atoms with Crippen LogP contribution in [0.15, 0.2) is 130 Å². The minimum absolute atomic E-state index is 0.0528. The van der Waals surface area contributed by atoms with E-state index in [0.717, 1.165) is 124 Å². The topological polar surface area (TPSA) is 101 Å². The smallest absolute Gasteiger partial charge is 0.380 e. The molecule has 6 aromatic carbocycles. The summed E-state index contributed by atoms with van der Waals surface area (Å²) in [4.78, 5) is 78.0. The lowest BCUT2D eigenvalue weighted by Gasteiger charge is -2.47. The summed E-state index contributed by atoms with van der Waals surface area (Å²) in [5, 5.41) is 5.68. The fourth-order valence-electron chi connectivity index (χ4n) is 14.0. The number of unbranched alkanes of at least 4 members (excludes halogenated alkanes) is 6. The number of hydrogen-bond acceptors (Lipinski definition) is 10. The Morgan fingerprint density at radius 1 is 0.575 bits per heavy atom. The summed E-state index contributed by atoms with van der Waals surface area (Å²) in [6, 6.07) is 25.3. The van der Waals surface area contributed by atoms with Gasteiger partial charge in [0.15, 0.2) is 0 Å². The largest absolute Gasteiger partial charge is 0.422 e. The number of amides is 4. The molecule has 1 saturated carbocycles. The molecule has 4 aliphatic heterocycles. The number of nitrogens with zero attached hydrogens (tertiary/aromatic N) is 2. The Hall–Kier alpha value is -6.51. The van der Waals surface area contributed by atoms with Crippen LogP contribution in [0.25, 0.3) is 52.9 Å². The number of thiophene rings is 2. The van der Waals surface area contributed by atoms with Gasteiger partial charge in [0.25, 0.3) is 23.6 Å². The van der Waals surface area contributed by atoms with Crippen molar-refractivity contribution in [1.82, 2.24) is 4.90 Å². The average molecular weight is 1320 g/mol. The first kappa shape index (κ1) is 58.2. The van der Waals surface area contributed by atoms with Crippen molar-refractivity contribution in [3.63, 3.8) is 0 Å². The van der Waals surface area contributed by atoms with Crippen LogP contribution in [-0.2, 0) is 0 Å². The van der Waals surface area contributed by atoms with Gasteiger partial charge < -0.3 is 4.74 Å². The molecule has 0 N–H and O–H groups in total. The van der Waals surface area contributed by atoms with Crippen LogP contribution < -0.4 is 9.64 Å². The van der Waals surface area contributed by atoms with Gasteiger partial charge in [-0.05, 0) is 172 Å². The number of benzene rings is 6. The van der Waals surface area contributed by atoms with Crippen molar-refractivity contribution >= 4 is 150 Å². The van der Waals surface area contributed by atoms with Crippen LogP contribution in [-0.4, -0.2) is 67.8 Å². The molecular formula is C68H53BrF6N2O6S4. The lowest BCUT2D eigenvalue weighted by atomic mass is 9.71. The van der Waals surface area contributed by atoms with Gasteiger partial charge in [0.2, 0.25) is 0 Å². The molecule has 2 aromatic heterocycles. The first-order valence-corrected chi connectivity index (χ1v) is 33.2. The normalized spacial score (nSPS) is 21.6. The summed E-state index contributed by atoms with van der Waals surface area (Å²) in [6.45, 7) is 9.42. The molecule has 0 spiro atoms. The molecule has 4 amide bonds. The van der Waals surface area contributed by atoms with Gasteiger partial charge in [0.1, 0.15) is 10.6 Å². The number of imide groups is 2. The van der Waals surface area contributed by atoms with E-state index in [1.165, 1.54) is 70.5 Å². The Morgan fingerprint density at radius 3 is 1.52 bits per heavy atom. The number of rotatable bonds is 16. The molecule has 6 heterocycles. The highest BCUT2D eigenvalue weighted by atomic mass is 79.9. The number of carbonyl (C=O) groups is 5. The number of ether oxygens (including phenoxy) is 1. The quantitative estimate of drug-likeness (QED) is 0.0179. The van der Waals surface area contributed by atoms with Crippen molar-refractivity contribution in [3.8, 4) is 5.75 Å². The number of hydrogen-bond donors (Lipinski definition) is 0. The number of thioether (sulfide) groups is 2. The van der Waals surface area contributed by atoms with Crippen LogP contribution in [0.1, 0.15) is 158 Å². The average Bonchev–Trinajstić information content (AvgIpc) is 1.55. The van der Waals surface area contributed by atoms with E-state index in [2.05, 4.69) is 29.8 Å². The number of anilines is 1. The van der Waals surface area contributed by atoms with Crippen molar-refractivity contribution in [1.29, 1.82) is 0 Å². The minimum Gasteiger partial charge on any atom is -0.422 e. The zero-order chi connectivity index (χ0) is 61.2. The number of aryl methyl sites for hydroxylation is 1. The Labute approximate surface area is 521 Å². The predicted octanol–water partition coefficient (Wildman–Crippen LogP) is 19.8. The van der Waals surface area contributed by atoms with Crippen molar-refractivity contribution in [3.05, 3.63) is 172 Å². The van der Waals surface area contributed by atoms with Crippen LogP contribution in [0.3, 0.4) is 0 Å². The maximum Gasteiger partial charge on any atom is 0.380 e. The van der Waals surface area contributed by atoms with E-state index in [4.69, 9.17) is 4.74 Å². The summed E-state index contributed by atoms with van der Waals surface area (Å²) < 4.78 is 98.5. The fraction of sp³-hybridized carbons (Fsp3) is 0.309. The van der Waals surface area contributed by atoms with Crippen LogP contribution in [0.2, 0.25) is 0 Å². The molecule has 8 aromatic rings. The number of alkyl halides is 6. The molecule has 14 rings (SSSR count). The molecule has 444 valence electrons. The second-order valence-electron chi connectivity index (χ2n) is 23.6. The molecule has 0 saturated heterocycles. The molecule has 8 nitrogen and oxygen atoms in total. The van der Waals surface area contributed by atoms with E-state index in [1.54, 1.807) is 32.0 Å². The fourth-order valence-corrected chi connectivity index (χ4v) is 20.1. The third kappa shape index (κ3) is 8.18. The molecule has 6 aliphatic rings. The molecule has 87 heavy (non-hydrogen) atoms. The van der Waals surface area contributed by atoms with Crippen molar-refractivity contribution < 1.29 is 55.1 Å². The highest BCUT2D eigenvalue weighted by Gasteiger charge is 2.84. The molecule has 1 fully saturated rings. The number of carbonyl (C=O) groups excluding carboxylic acids is 5. The van der Waals surface area contributed by atoms with E-state index >= 15 is 26.3 Å². The highest BCUT2D eigenvalue weighted by molar-refractivity contribution is 9.10. The Morgan fingerprint density at radius 2 is 1.05 bits per heavy atom. The van der Waals surface area contributed by atoms with E-state index in [9.17, 15) is 24.0 Å². The van der Waals surface area contributed by atoms with Crippen LogP contribution in [0, 0.1) is 6.92 Å². The van der Waals surface area contributed by atoms with E-state index in [1.807, 2.05) is 49.4 Å². The van der Waals surface area contributed by atoms with Crippen LogP contribution in [0.5, 0.6) is 5.75 Å². The van der Waals surface area contributed by atoms with Gasteiger partial charge in [-0.3, -0.25) is 24.1 Å². The van der Waals surface area contributed by atoms with Gasteiger partial charge in [-0.15, -0.1) is 46.2 Å². The Kier molecular flexibility index (Phi) is 13.7. The Balaban J connectivity index is 0.732. The predicted molar refractivity (Wildman–Crippen MR) is 340 cm³/mol. The molecule has 0 radical (unpaired) electrons. The van der Waals surface area contributed by atoms with Crippen molar-refractivity contribution in [2.75, 3.05) is 4.90 Å². The number of esters is 1. The number of halogens is 7. The molecule has 19 heteroatoms. The molecule has 0 bridgehead atoms.